The van der Waals surface area contributed by atoms with Crippen LogP contribution in [-0.4, -0.2) is 18.4 Å². The number of carbonyl (C=O) groups is 1. The summed E-state index contributed by atoms with van der Waals surface area (Å²) in [5, 5.41) is 2.11. The van der Waals surface area contributed by atoms with Crippen LogP contribution >= 0.6 is 12.6 Å². The zero-order chi connectivity index (χ0) is 15.1. The van der Waals surface area contributed by atoms with Crippen molar-refractivity contribution >= 4 is 17.9 Å². The zero-order valence-electron chi connectivity index (χ0n) is 11.1. The normalized spacial score (nSPS) is 10.0. The highest BCUT2D eigenvalue weighted by atomic mass is 32.1. The monoisotopic (exact) mass is 307 g/mol. The van der Waals surface area contributed by atoms with E-state index in [1.54, 1.807) is 36.4 Å². The summed E-state index contributed by atoms with van der Waals surface area (Å²) in [5.74, 6) is 1.31. The summed E-state index contributed by atoms with van der Waals surface area (Å²) in [6.45, 7) is 0.722. The number of amides is 1. The average Bonchev–Trinajstić information content (AvgIpc) is 2.45. The molecule has 0 atom stereocenters. The van der Waals surface area contributed by atoms with Crippen LogP contribution < -0.4 is 14.8 Å². The average molecular weight is 307 g/mol. The van der Waals surface area contributed by atoms with Crippen molar-refractivity contribution in [2.24, 2.45) is 0 Å². The molecule has 6 heteroatoms. The molecule has 110 valence electrons. The van der Waals surface area contributed by atoms with E-state index in [9.17, 15) is 9.18 Å². The van der Waals surface area contributed by atoms with E-state index < -0.39 is 5.24 Å². The van der Waals surface area contributed by atoms with Gasteiger partial charge in [-0.2, -0.15) is 0 Å². The number of rotatable bonds is 6. The second-order valence-corrected chi connectivity index (χ2v) is 4.52. The van der Waals surface area contributed by atoms with Gasteiger partial charge in [-0.25, -0.2) is 4.39 Å². The van der Waals surface area contributed by atoms with Gasteiger partial charge >= 0.3 is 0 Å². The van der Waals surface area contributed by atoms with Crippen LogP contribution in [-0.2, 0) is 0 Å². The molecule has 2 aromatic carbocycles. The molecule has 0 unspecified atom stereocenters. The fraction of sp³-hybridized carbons (Fsp3) is 0.133. The number of halogens is 1. The third-order valence-corrected chi connectivity index (χ3v) is 2.66. The highest BCUT2D eigenvalue weighted by Gasteiger charge is 2.00. The maximum Gasteiger partial charge on any atom is 0.276 e. The quantitative estimate of drug-likeness (QED) is 0.633. The smallest absolute Gasteiger partial charge is 0.276 e. The van der Waals surface area contributed by atoms with Crippen LogP contribution in [0.4, 0.5) is 9.18 Å². The van der Waals surface area contributed by atoms with Gasteiger partial charge in [-0.1, -0.05) is 18.7 Å². The Labute approximate surface area is 127 Å². The molecule has 0 bridgehead atoms. The van der Waals surface area contributed by atoms with Gasteiger partial charge in [0.05, 0.1) is 6.54 Å². The number of nitrogens with one attached hydrogen (secondary N) is 1. The van der Waals surface area contributed by atoms with Gasteiger partial charge in [0.2, 0.25) is 0 Å². The molecular weight excluding hydrogens is 293 g/mol. The summed E-state index contributed by atoms with van der Waals surface area (Å²) < 4.78 is 24.0. The van der Waals surface area contributed by atoms with Gasteiger partial charge in [-0.15, -0.1) is 0 Å². The minimum atomic E-state index is -0.391. The highest BCUT2D eigenvalue weighted by molar-refractivity contribution is 7.96. The topological polar surface area (TPSA) is 47.6 Å². The van der Waals surface area contributed by atoms with Crippen molar-refractivity contribution in [1.29, 1.82) is 0 Å². The number of benzene rings is 2. The van der Waals surface area contributed by atoms with Crippen molar-refractivity contribution in [2.45, 2.75) is 0 Å². The van der Waals surface area contributed by atoms with Gasteiger partial charge in [0, 0.05) is 6.07 Å². The zero-order valence-corrected chi connectivity index (χ0v) is 12.0. The highest BCUT2D eigenvalue weighted by Crippen LogP contribution is 2.24. The Morgan fingerprint density at radius 1 is 1.10 bits per heavy atom. The van der Waals surface area contributed by atoms with E-state index in [4.69, 9.17) is 9.47 Å². The predicted molar refractivity (Wildman–Crippen MR) is 80.8 cm³/mol. The molecule has 2 rings (SSSR count). The van der Waals surface area contributed by atoms with Crippen molar-refractivity contribution in [3.8, 4) is 17.2 Å². The Balaban J connectivity index is 1.85. The minimum absolute atomic E-state index is 0.344. The lowest BCUT2D eigenvalue weighted by molar-refractivity contribution is 0.256. The maximum absolute atomic E-state index is 13.0. The van der Waals surface area contributed by atoms with Crippen molar-refractivity contribution in [2.75, 3.05) is 13.2 Å². The first-order valence-corrected chi connectivity index (χ1v) is 6.71. The molecule has 0 aliphatic carbocycles. The first kappa shape index (κ1) is 15.2. The molecule has 0 fully saturated rings. The molecule has 0 heterocycles. The number of ether oxygens (including phenoxy) is 2. The van der Waals surface area contributed by atoms with E-state index in [2.05, 4.69) is 17.9 Å². The van der Waals surface area contributed by atoms with Crippen molar-refractivity contribution < 1.29 is 18.7 Å². The van der Waals surface area contributed by atoms with Gasteiger partial charge < -0.3 is 14.8 Å². The lowest BCUT2D eigenvalue weighted by Gasteiger charge is -2.08. The summed E-state index contributed by atoms with van der Waals surface area (Å²) in [6, 6.07) is 12.8. The van der Waals surface area contributed by atoms with Gasteiger partial charge in [0.25, 0.3) is 5.24 Å². The molecule has 4 nitrogen and oxygen atoms in total. The van der Waals surface area contributed by atoms with Crippen LogP contribution in [0.1, 0.15) is 0 Å². The Bertz CT molecular complexity index is 604. The van der Waals surface area contributed by atoms with Gasteiger partial charge in [0.15, 0.2) is 0 Å². The summed E-state index contributed by atoms with van der Waals surface area (Å²) in [4.78, 5) is 10.6. The molecule has 0 aliphatic heterocycles. The SMILES string of the molecule is O=C(S)NCCOc1ccc(Oc2cccc(F)c2)cc1. The number of hydrogen-bond acceptors (Lipinski definition) is 3. The molecule has 0 saturated carbocycles. The maximum atomic E-state index is 13.0. The van der Waals surface area contributed by atoms with E-state index in [1.165, 1.54) is 12.1 Å². The summed E-state index contributed by atoms with van der Waals surface area (Å²) in [7, 11) is 0. The van der Waals surface area contributed by atoms with E-state index in [-0.39, 0.29) is 5.82 Å². The van der Waals surface area contributed by atoms with Crippen LogP contribution in [0.15, 0.2) is 48.5 Å². The largest absolute Gasteiger partial charge is 0.492 e. The van der Waals surface area contributed by atoms with Crippen LogP contribution in [0.25, 0.3) is 0 Å². The van der Waals surface area contributed by atoms with Crippen LogP contribution in [0.5, 0.6) is 17.2 Å². The third-order valence-electron chi connectivity index (χ3n) is 2.50. The summed E-state index contributed by atoms with van der Waals surface area (Å²) in [6.07, 6.45) is 0. The molecule has 0 aromatic heterocycles. The minimum Gasteiger partial charge on any atom is -0.492 e. The Hall–Kier alpha value is -2.21. The molecule has 21 heavy (non-hydrogen) atoms. The first-order valence-electron chi connectivity index (χ1n) is 6.26. The lowest BCUT2D eigenvalue weighted by Crippen LogP contribution is -2.22. The summed E-state index contributed by atoms with van der Waals surface area (Å²) >= 11 is 3.58. The van der Waals surface area contributed by atoms with Crippen LogP contribution in [0.3, 0.4) is 0 Å². The molecule has 0 radical (unpaired) electrons. The van der Waals surface area contributed by atoms with Crippen molar-refractivity contribution in [1.82, 2.24) is 5.32 Å². The van der Waals surface area contributed by atoms with Crippen molar-refractivity contribution in [3.05, 3.63) is 54.3 Å². The molecular formula is C15H14FNO3S. The lowest BCUT2D eigenvalue weighted by atomic mass is 10.3. The number of thiol groups is 1. The molecule has 2 aromatic rings. The molecule has 0 spiro atoms. The Morgan fingerprint density at radius 3 is 2.48 bits per heavy atom. The van der Waals surface area contributed by atoms with E-state index >= 15 is 0 Å². The standard InChI is InChI=1S/C15H14FNO3S/c16-11-2-1-3-14(10-11)20-13-6-4-12(5-7-13)19-9-8-17-15(18)21/h1-7,10H,8-9H2,(H2,17,18,21). The van der Waals surface area contributed by atoms with Gasteiger partial charge in [-0.05, 0) is 36.4 Å². The predicted octanol–water partition coefficient (Wildman–Crippen LogP) is 3.64. The molecule has 1 N–H and O–H groups in total. The van der Waals surface area contributed by atoms with Crippen molar-refractivity contribution in [3.63, 3.8) is 0 Å². The fourth-order valence-electron chi connectivity index (χ4n) is 1.60. The van der Waals surface area contributed by atoms with Gasteiger partial charge in [0.1, 0.15) is 29.7 Å². The second kappa shape index (κ2) is 7.54. The second-order valence-electron chi connectivity index (χ2n) is 4.11. The third kappa shape index (κ3) is 5.35. The number of hydrogen-bond donors (Lipinski definition) is 2. The van der Waals surface area contributed by atoms with Crippen LogP contribution in [0.2, 0.25) is 0 Å². The van der Waals surface area contributed by atoms with E-state index in [1.807, 2.05) is 0 Å². The Kier molecular flexibility index (Phi) is 5.45. The van der Waals surface area contributed by atoms with Crippen LogP contribution in [0, 0.1) is 5.82 Å². The van der Waals surface area contributed by atoms with E-state index in [0.29, 0.717) is 30.4 Å². The Morgan fingerprint density at radius 2 is 1.81 bits per heavy atom. The molecule has 0 aliphatic rings. The van der Waals surface area contributed by atoms with E-state index in [0.717, 1.165) is 0 Å². The molecule has 1 amide bonds. The number of carbonyl (C=O) groups excluding carboxylic acids is 1. The first-order chi connectivity index (χ1) is 10.1. The van der Waals surface area contributed by atoms with Gasteiger partial charge in [-0.3, -0.25) is 4.79 Å². The fourth-order valence-corrected chi connectivity index (χ4v) is 1.71. The summed E-state index contributed by atoms with van der Waals surface area (Å²) in [5.41, 5.74) is 0. The molecule has 0 saturated heterocycles.